The molecule has 3 aromatic rings. The third kappa shape index (κ3) is 6.18. The largest absolute Gasteiger partial charge is 0.492 e. The number of halogens is 3. The molecule has 230 valence electrons. The number of rotatable bonds is 8. The van der Waals surface area contributed by atoms with Gasteiger partial charge in [-0.15, -0.1) is 0 Å². The predicted molar refractivity (Wildman–Crippen MR) is 167 cm³/mol. The van der Waals surface area contributed by atoms with E-state index in [9.17, 15) is 14.4 Å². The Kier molecular flexibility index (Phi) is 8.92. The third-order valence-electron chi connectivity index (χ3n) is 8.28. The van der Waals surface area contributed by atoms with E-state index in [4.69, 9.17) is 27.9 Å². The molecule has 1 aliphatic heterocycles. The van der Waals surface area contributed by atoms with Gasteiger partial charge in [0.05, 0.1) is 24.6 Å². The van der Waals surface area contributed by atoms with Gasteiger partial charge in [-0.1, -0.05) is 29.3 Å². The second-order valence-corrected chi connectivity index (χ2v) is 12.5. The maximum absolute atomic E-state index is 16.1. The minimum Gasteiger partial charge on any atom is -0.492 e. The highest BCUT2D eigenvalue weighted by atomic mass is 35.5. The fourth-order valence-electron chi connectivity index (χ4n) is 5.82. The molecule has 1 aliphatic carbocycles. The van der Waals surface area contributed by atoms with Crippen molar-refractivity contribution in [1.82, 2.24) is 19.7 Å². The van der Waals surface area contributed by atoms with E-state index in [1.54, 1.807) is 43.4 Å². The normalized spacial score (nSPS) is 19.0. The molecule has 0 unspecified atom stereocenters. The first-order valence-corrected chi connectivity index (χ1v) is 15.0. The molecule has 2 amide bonds. The van der Waals surface area contributed by atoms with Crippen molar-refractivity contribution in [2.24, 2.45) is 0 Å². The van der Waals surface area contributed by atoms with Gasteiger partial charge in [0.25, 0.3) is 5.91 Å². The van der Waals surface area contributed by atoms with Crippen LogP contribution in [0.3, 0.4) is 0 Å². The summed E-state index contributed by atoms with van der Waals surface area (Å²) in [4.78, 5) is 45.0. The minimum atomic E-state index is -0.605. The summed E-state index contributed by atoms with van der Waals surface area (Å²) in [7, 11) is 4.93. The number of methoxy groups -OCH3 is 1. The quantitative estimate of drug-likeness (QED) is 0.388. The molecule has 2 atom stereocenters. The Morgan fingerprint density at radius 1 is 1.12 bits per heavy atom. The summed E-state index contributed by atoms with van der Waals surface area (Å²) in [5.41, 5.74) is 0.726. The summed E-state index contributed by atoms with van der Waals surface area (Å²) < 4.78 is 23.8. The van der Waals surface area contributed by atoms with Crippen LogP contribution < -0.4 is 20.4 Å². The first-order chi connectivity index (χ1) is 20.4. The second kappa shape index (κ2) is 12.3. The van der Waals surface area contributed by atoms with Crippen molar-refractivity contribution in [3.8, 4) is 5.75 Å². The van der Waals surface area contributed by atoms with Crippen LogP contribution in [0.15, 0.2) is 35.3 Å². The van der Waals surface area contributed by atoms with Crippen LogP contribution >= 0.6 is 23.2 Å². The van der Waals surface area contributed by atoms with Gasteiger partial charge in [0, 0.05) is 68.1 Å². The molecule has 2 heterocycles. The van der Waals surface area contributed by atoms with Gasteiger partial charge in [0.2, 0.25) is 11.3 Å². The van der Waals surface area contributed by atoms with E-state index in [-0.39, 0.29) is 59.5 Å². The maximum Gasteiger partial charge on any atom is 0.257 e. The third-order valence-corrected chi connectivity index (χ3v) is 8.86. The van der Waals surface area contributed by atoms with Crippen LogP contribution in [-0.4, -0.2) is 79.1 Å². The number of benzene rings is 2. The van der Waals surface area contributed by atoms with Crippen LogP contribution in [0.25, 0.3) is 10.9 Å². The first kappa shape index (κ1) is 31.1. The Labute approximate surface area is 260 Å². The Bertz CT molecular complexity index is 1630. The molecule has 2 aromatic carbocycles. The van der Waals surface area contributed by atoms with Crippen LogP contribution in [0.5, 0.6) is 5.75 Å². The van der Waals surface area contributed by atoms with Crippen LogP contribution in [0.2, 0.25) is 10.0 Å². The molecular formula is C31H36Cl2FN5O4. The number of hydrogen-bond donors (Lipinski definition) is 1. The van der Waals surface area contributed by atoms with Crippen LogP contribution in [-0.2, 0) is 11.3 Å². The summed E-state index contributed by atoms with van der Waals surface area (Å²) in [5.74, 6) is -0.921. The van der Waals surface area contributed by atoms with Crippen LogP contribution in [0.4, 0.5) is 10.1 Å². The number of nitrogens with one attached hydrogen (secondary N) is 1. The van der Waals surface area contributed by atoms with Crippen LogP contribution in [0, 0.1) is 5.82 Å². The zero-order valence-corrected chi connectivity index (χ0v) is 26.4. The average Bonchev–Trinajstić information content (AvgIpc) is 3.79. The van der Waals surface area contributed by atoms with Crippen molar-refractivity contribution in [3.05, 3.63) is 67.7 Å². The molecule has 5 rings (SSSR count). The number of carbonyl (C=O) groups is 2. The van der Waals surface area contributed by atoms with E-state index in [1.165, 1.54) is 13.2 Å². The Morgan fingerprint density at radius 3 is 2.37 bits per heavy atom. The number of nitrogens with zero attached hydrogens (tertiary/aromatic N) is 4. The number of piperazine rings is 1. The Hall–Kier alpha value is -3.34. The molecule has 2 aliphatic rings. The van der Waals surface area contributed by atoms with Crippen molar-refractivity contribution in [1.29, 1.82) is 0 Å². The van der Waals surface area contributed by atoms with Gasteiger partial charge in [-0.3, -0.25) is 19.3 Å². The van der Waals surface area contributed by atoms with Gasteiger partial charge in [0.15, 0.2) is 11.6 Å². The molecule has 1 aromatic heterocycles. The van der Waals surface area contributed by atoms with Crippen molar-refractivity contribution >= 4 is 51.6 Å². The molecule has 1 N–H and O–H groups in total. The van der Waals surface area contributed by atoms with Gasteiger partial charge in [-0.25, -0.2) is 4.39 Å². The monoisotopic (exact) mass is 631 g/mol. The van der Waals surface area contributed by atoms with Gasteiger partial charge in [0.1, 0.15) is 11.3 Å². The van der Waals surface area contributed by atoms with Crippen molar-refractivity contribution in [2.75, 3.05) is 45.7 Å². The van der Waals surface area contributed by atoms with E-state index in [1.807, 2.05) is 23.3 Å². The standard InChI is InChI=1S/C31H36Cl2FN5O4/c1-17-13-37(14-18(2)38(17)16-26(40)36(3)4)28-25(34)11-22-27(30(28)43-5)39(21-8-9-21)15-23(29(22)41)31(42)35-12-19-6-7-20(32)10-24(19)33/h6-7,10-11,15,17-18,21H,8-9,12-14,16H2,1-5H3,(H,35,42)/t17-,18+. The molecule has 2 fully saturated rings. The van der Waals surface area contributed by atoms with Crippen molar-refractivity contribution in [3.63, 3.8) is 0 Å². The molecule has 1 saturated carbocycles. The Balaban J connectivity index is 1.51. The lowest BCUT2D eigenvalue weighted by atomic mass is 10.0. The summed E-state index contributed by atoms with van der Waals surface area (Å²) in [6.45, 7) is 5.32. The topological polar surface area (TPSA) is 87.1 Å². The molecule has 0 spiro atoms. The number of hydrogen-bond acceptors (Lipinski definition) is 6. The molecule has 12 heteroatoms. The Morgan fingerprint density at radius 2 is 1.79 bits per heavy atom. The predicted octanol–water partition coefficient (Wildman–Crippen LogP) is 4.71. The second-order valence-electron chi connectivity index (χ2n) is 11.6. The van der Waals surface area contributed by atoms with Crippen LogP contribution in [0.1, 0.15) is 48.7 Å². The first-order valence-electron chi connectivity index (χ1n) is 14.3. The molecule has 43 heavy (non-hydrogen) atoms. The zero-order chi connectivity index (χ0) is 31.2. The summed E-state index contributed by atoms with van der Waals surface area (Å²) >= 11 is 12.2. The van der Waals surface area contributed by atoms with E-state index < -0.39 is 17.2 Å². The molecule has 0 bridgehead atoms. The lowest BCUT2D eigenvalue weighted by Crippen LogP contribution is -2.59. The lowest BCUT2D eigenvalue weighted by Gasteiger charge is -2.45. The highest BCUT2D eigenvalue weighted by Crippen LogP contribution is 2.44. The molecule has 9 nitrogen and oxygen atoms in total. The number of likely N-dealkylation sites (N-methyl/N-ethyl adjacent to an activating group) is 1. The van der Waals surface area contributed by atoms with Gasteiger partial charge in [-0.2, -0.15) is 0 Å². The molecular weight excluding hydrogens is 596 g/mol. The van der Waals surface area contributed by atoms with E-state index in [0.29, 0.717) is 34.2 Å². The number of carbonyl (C=O) groups excluding carboxylic acids is 2. The number of pyridine rings is 1. The van der Waals surface area contributed by atoms with Gasteiger partial charge >= 0.3 is 0 Å². The van der Waals surface area contributed by atoms with Crippen molar-refractivity contribution in [2.45, 2.75) is 51.4 Å². The van der Waals surface area contributed by atoms with E-state index in [2.05, 4.69) is 10.2 Å². The van der Waals surface area contributed by atoms with E-state index in [0.717, 1.165) is 12.8 Å². The number of aromatic nitrogens is 1. The number of amides is 2. The zero-order valence-electron chi connectivity index (χ0n) is 24.9. The fraction of sp³-hybridized carbons (Fsp3) is 0.452. The van der Waals surface area contributed by atoms with Crippen molar-refractivity contribution < 1.29 is 18.7 Å². The highest BCUT2D eigenvalue weighted by Gasteiger charge is 2.36. The fourth-order valence-corrected chi connectivity index (χ4v) is 6.29. The van der Waals surface area contributed by atoms with E-state index >= 15 is 4.39 Å². The van der Waals surface area contributed by atoms with Gasteiger partial charge < -0.3 is 24.4 Å². The molecule has 0 radical (unpaired) electrons. The lowest BCUT2D eigenvalue weighted by molar-refractivity contribution is -0.131. The number of ether oxygens (including phenoxy) is 1. The smallest absolute Gasteiger partial charge is 0.257 e. The maximum atomic E-state index is 16.1. The highest BCUT2D eigenvalue weighted by molar-refractivity contribution is 6.35. The summed E-state index contributed by atoms with van der Waals surface area (Å²) in [5, 5.41) is 3.72. The summed E-state index contributed by atoms with van der Waals surface area (Å²) in [6.07, 6.45) is 3.28. The van der Waals surface area contributed by atoms with Gasteiger partial charge in [-0.05, 0) is 50.5 Å². The summed E-state index contributed by atoms with van der Waals surface area (Å²) in [6, 6.07) is 6.15. The minimum absolute atomic E-state index is 0.00571. The number of anilines is 1. The SMILES string of the molecule is COc1c(N2C[C@@H](C)N(CC(=O)N(C)C)[C@@H](C)C2)c(F)cc2c(=O)c(C(=O)NCc3ccc(Cl)cc3Cl)cn(C3CC3)c12. The number of fused-ring (bicyclic) bond motifs is 1. The average molecular weight is 633 g/mol. The molecule has 1 saturated heterocycles.